The molecule has 0 amide bonds. The first-order valence-electron chi connectivity index (χ1n) is 2.79. The normalized spacial score (nSPS) is 25.4. The first kappa shape index (κ1) is 5.63. The van der Waals surface area contributed by atoms with Gasteiger partial charge in [-0.15, -0.1) is 0 Å². The molecule has 0 aromatic carbocycles. The molecule has 0 aliphatic carbocycles. The van der Waals surface area contributed by atoms with Gasteiger partial charge in [-0.25, -0.2) is 0 Å². The molecule has 0 radical (unpaired) electrons. The Bertz CT molecular complexity index is 88.7. The molecule has 46 valence electrons. The van der Waals surface area contributed by atoms with Crippen LogP contribution in [0.2, 0.25) is 0 Å². The molecule has 0 atom stereocenters. The second kappa shape index (κ2) is 2.72. The molecule has 1 aliphatic heterocycles. The van der Waals surface area contributed by atoms with E-state index in [0.29, 0.717) is 6.79 Å². The zero-order valence-electron chi connectivity index (χ0n) is 5.02. The van der Waals surface area contributed by atoms with Crippen molar-refractivity contribution >= 4 is 0 Å². The van der Waals surface area contributed by atoms with Gasteiger partial charge in [-0.2, -0.15) is 0 Å². The molecule has 0 saturated carbocycles. The maximum Gasteiger partial charge on any atom is 0.188 e. The van der Waals surface area contributed by atoms with Crippen molar-refractivity contribution in [2.45, 2.75) is 13.3 Å². The summed E-state index contributed by atoms with van der Waals surface area (Å²) < 4.78 is 10.0. The van der Waals surface area contributed by atoms with E-state index in [1.54, 1.807) is 0 Å². The minimum atomic E-state index is 0.430. The molecule has 0 N–H and O–H groups in total. The molecule has 0 unspecified atom stereocenters. The molecule has 1 aliphatic rings. The van der Waals surface area contributed by atoms with E-state index in [1.165, 1.54) is 0 Å². The lowest BCUT2D eigenvalue weighted by molar-refractivity contribution is -0.0604. The Morgan fingerprint density at radius 3 is 2.88 bits per heavy atom. The van der Waals surface area contributed by atoms with E-state index in [9.17, 15) is 0 Å². The van der Waals surface area contributed by atoms with Gasteiger partial charge >= 0.3 is 0 Å². The minimum Gasteiger partial charge on any atom is -0.472 e. The van der Waals surface area contributed by atoms with E-state index in [-0.39, 0.29) is 0 Å². The summed E-state index contributed by atoms with van der Waals surface area (Å²) in [5.41, 5.74) is 0. The van der Waals surface area contributed by atoms with Crippen molar-refractivity contribution in [1.82, 2.24) is 0 Å². The van der Waals surface area contributed by atoms with Crippen molar-refractivity contribution in [1.29, 1.82) is 0 Å². The molecular formula is C6H10O2. The van der Waals surface area contributed by atoms with E-state index in [2.05, 4.69) is 0 Å². The highest BCUT2D eigenvalue weighted by atomic mass is 16.7. The third kappa shape index (κ3) is 1.23. The predicted molar refractivity (Wildman–Crippen MR) is 30.3 cm³/mol. The quantitative estimate of drug-likeness (QED) is 0.472. The highest BCUT2D eigenvalue weighted by Crippen LogP contribution is 2.08. The van der Waals surface area contributed by atoms with E-state index < -0.39 is 0 Å². The minimum absolute atomic E-state index is 0.430. The van der Waals surface area contributed by atoms with Crippen LogP contribution in [0.25, 0.3) is 0 Å². The molecule has 1 heterocycles. The average Bonchev–Trinajstić information content (AvgIpc) is 1.90. The molecule has 2 heteroatoms. The molecular weight excluding hydrogens is 104 g/mol. The van der Waals surface area contributed by atoms with Gasteiger partial charge in [0.05, 0.1) is 12.4 Å². The van der Waals surface area contributed by atoms with E-state index in [4.69, 9.17) is 9.47 Å². The third-order valence-corrected chi connectivity index (χ3v) is 1.14. The third-order valence-electron chi connectivity index (χ3n) is 1.14. The van der Waals surface area contributed by atoms with Crippen LogP contribution < -0.4 is 0 Å². The molecule has 0 aromatic heterocycles. The van der Waals surface area contributed by atoms with Gasteiger partial charge in [0.1, 0.15) is 0 Å². The van der Waals surface area contributed by atoms with Crippen LogP contribution in [-0.4, -0.2) is 13.4 Å². The summed E-state index contributed by atoms with van der Waals surface area (Å²) in [6.45, 7) is 3.21. The first-order valence-corrected chi connectivity index (χ1v) is 2.79. The summed E-state index contributed by atoms with van der Waals surface area (Å²) in [6, 6.07) is 0. The Hall–Kier alpha value is -0.500. The molecule has 8 heavy (non-hydrogen) atoms. The molecule has 2 nitrogen and oxygen atoms in total. The van der Waals surface area contributed by atoms with Crippen molar-refractivity contribution in [3.63, 3.8) is 0 Å². The van der Waals surface area contributed by atoms with Crippen molar-refractivity contribution in [3.05, 3.63) is 11.8 Å². The van der Waals surface area contributed by atoms with Crippen LogP contribution in [0.4, 0.5) is 0 Å². The highest BCUT2D eigenvalue weighted by Gasteiger charge is 2.02. The molecule has 0 aromatic rings. The first-order chi connectivity index (χ1) is 3.93. The van der Waals surface area contributed by atoms with Gasteiger partial charge in [0, 0.05) is 6.42 Å². The van der Waals surface area contributed by atoms with Gasteiger partial charge in [0.25, 0.3) is 0 Å². The number of ether oxygens (including phenoxy) is 2. The van der Waals surface area contributed by atoms with Crippen molar-refractivity contribution in [3.8, 4) is 0 Å². The van der Waals surface area contributed by atoms with E-state index in [1.807, 2.05) is 13.0 Å². The fraction of sp³-hybridized carbons (Fsp3) is 0.667. The maximum absolute atomic E-state index is 5.07. The second-order valence-electron chi connectivity index (χ2n) is 1.68. The Morgan fingerprint density at radius 1 is 1.62 bits per heavy atom. The summed E-state index contributed by atoms with van der Waals surface area (Å²) in [5.74, 6) is 1.05. The summed E-state index contributed by atoms with van der Waals surface area (Å²) in [6.07, 6.45) is 2.90. The zero-order chi connectivity index (χ0) is 5.82. The van der Waals surface area contributed by atoms with Gasteiger partial charge in [-0.3, -0.25) is 0 Å². The van der Waals surface area contributed by atoms with Gasteiger partial charge < -0.3 is 9.47 Å². The van der Waals surface area contributed by atoms with Gasteiger partial charge in [-0.1, -0.05) is 0 Å². The van der Waals surface area contributed by atoms with Crippen LogP contribution in [0.5, 0.6) is 0 Å². The van der Waals surface area contributed by atoms with Crippen molar-refractivity contribution < 1.29 is 9.47 Å². The number of hydrogen-bond donors (Lipinski definition) is 0. The summed E-state index contributed by atoms with van der Waals surface area (Å²) >= 11 is 0. The molecule has 1 saturated heterocycles. The summed E-state index contributed by atoms with van der Waals surface area (Å²) in [7, 11) is 0. The van der Waals surface area contributed by atoms with Crippen molar-refractivity contribution in [2.24, 2.45) is 0 Å². The fourth-order valence-electron chi connectivity index (χ4n) is 0.649. The Kier molecular flexibility index (Phi) is 1.92. The van der Waals surface area contributed by atoms with Crippen LogP contribution in [0.15, 0.2) is 11.8 Å². The lowest BCUT2D eigenvalue weighted by Gasteiger charge is -2.15. The van der Waals surface area contributed by atoms with Gasteiger partial charge in [0.15, 0.2) is 6.79 Å². The number of rotatable bonds is 0. The lowest BCUT2D eigenvalue weighted by Crippen LogP contribution is -2.09. The van der Waals surface area contributed by atoms with E-state index >= 15 is 0 Å². The van der Waals surface area contributed by atoms with E-state index in [0.717, 1.165) is 18.8 Å². The maximum atomic E-state index is 5.07. The zero-order valence-corrected chi connectivity index (χ0v) is 5.02. The Morgan fingerprint density at radius 2 is 2.50 bits per heavy atom. The van der Waals surface area contributed by atoms with Crippen LogP contribution in [0, 0.1) is 0 Å². The second-order valence-corrected chi connectivity index (χ2v) is 1.68. The highest BCUT2D eigenvalue weighted by molar-refractivity contribution is 4.90. The number of allylic oxidation sites excluding steroid dienone is 1. The van der Waals surface area contributed by atoms with Crippen LogP contribution >= 0.6 is 0 Å². The van der Waals surface area contributed by atoms with Crippen molar-refractivity contribution in [2.75, 3.05) is 13.4 Å². The van der Waals surface area contributed by atoms with Gasteiger partial charge in [-0.05, 0) is 13.0 Å². The van der Waals surface area contributed by atoms with Crippen LogP contribution in [0.1, 0.15) is 13.3 Å². The number of hydrogen-bond acceptors (Lipinski definition) is 2. The Labute approximate surface area is 49.1 Å². The average molecular weight is 114 g/mol. The molecule has 1 rings (SSSR count). The van der Waals surface area contributed by atoms with Crippen LogP contribution in [0.3, 0.4) is 0 Å². The standard InChI is InChI=1S/C6H10O2/c1-2-6-3-4-7-5-8-6/h2H,3-5H2,1H3. The smallest absolute Gasteiger partial charge is 0.188 e. The Balaban J connectivity index is 2.33. The largest absolute Gasteiger partial charge is 0.472 e. The monoisotopic (exact) mass is 114 g/mol. The van der Waals surface area contributed by atoms with Gasteiger partial charge in [0.2, 0.25) is 0 Å². The summed E-state index contributed by atoms with van der Waals surface area (Å²) in [5, 5.41) is 0. The SMILES string of the molecule is CC=C1CCOCO1. The predicted octanol–water partition coefficient (Wildman–Crippen LogP) is 1.28. The summed E-state index contributed by atoms with van der Waals surface area (Å²) in [4.78, 5) is 0. The fourth-order valence-corrected chi connectivity index (χ4v) is 0.649. The topological polar surface area (TPSA) is 18.5 Å². The molecule has 0 bridgehead atoms. The molecule has 0 spiro atoms. The molecule has 1 fully saturated rings. The van der Waals surface area contributed by atoms with Crippen LogP contribution in [-0.2, 0) is 9.47 Å². The lowest BCUT2D eigenvalue weighted by atomic mass is 10.3.